The lowest BCUT2D eigenvalue weighted by atomic mass is 10.3. The highest BCUT2D eigenvalue weighted by molar-refractivity contribution is 7.99. The first-order chi connectivity index (χ1) is 6.49. The third-order valence-electron chi connectivity index (χ3n) is 1.55. The monoisotopic (exact) mass is 235 g/mol. The van der Waals surface area contributed by atoms with Gasteiger partial charge >= 0.3 is 5.97 Å². The van der Waals surface area contributed by atoms with Crippen LogP contribution in [0.3, 0.4) is 0 Å². The molecule has 0 unspecified atom stereocenters. The number of aliphatic carboxylic acids is 1. The van der Waals surface area contributed by atoms with Crippen LogP contribution in [0.5, 0.6) is 0 Å². The van der Waals surface area contributed by atoms with E-state index in [1.807, 2.05) is 6.92 Å². The van der Waals surface area contributed by atoms with E-state index >= 15 is 0 Å². The van der Waals surface area contributed by atoms with E-state index in [-0.39, 0.29) is 5.57 Å². The van der Waals surface area contributed by atoms with Crippen LogP contribution in [0, 0.1) is 0 Å². The Morgan fingerprint density at radius 2 is 2.29 bits per heavy atom. The average Bonchev–Trinajstić information content (AvgIpc) is 2.37. The molecule has 0 aromatic heterocycles. The van der Waals surface area contributed by atoms with Gasteiger partial charge in [0.05, 0.1) is 0 Å². The second kappa shape index (κ2) is 4.14. The summed E-state index contributed by atoms with van der Waals surface area (Å²) in [6.45, 7) is 1.91. The molecule has 0 aromatic carbocycles. The summed E-state index contributed by atoms with van der Waals surface area (Å²) < 4.78 is 25.4. The number of sulfonamides is 1. The van der Waals surface area contributed by atoms with Gasteiger partial charge < -0.3 is 5.11 Å². The Labute approximate surface area is 86.0 Å². The van der Waals surface area contributed by atoms with Crippen molar-refractivity contribution in [3.8, 4) is 0 Å². The third-order valence-corrected chi connectivity index (χ3v) is 3.81. The molecule has 0 amide bonds. The van der Waals surface area contributed by atoms with E-state index in [0.717, 1.165) is 12.0 Å². The molecule has 0 aliphatic carbocycles. The van der Waals surface area contributed by atoms with Gasteiger partial charge in [-0.1, -0.05) is 6.92 Å². The fourth-order valence-electron chi connectivity index (χ4n) is 0.973. The third kappa shape index (κ3) is 2.16. The van der Waals surface area contributed by atoms with Gasteiger partial charge in [0.2, 0.25) is 0 Å². The number of carbonyl (C=O) groups is 1. The highest BCUT2D eigenvalue weighted by Gasteiger charge is 2.31. The van der Waals surface area contributed by atoms with Gasteiger partial charge in [-0.2, -0.15) is 24.6 Å². The fourth-order valence-corrected chi connectivity index (χ4v) is 2.76. The van der Waals surface area contributed by atoms with Crippen molar-refractivity contribution in [2.24, 2.45) is 4.40 Å². The quantitative estimate of drug-likeness (QED) is 0.766. The minimum atomic E-state index is -3.93. The lowest BCUT2D eigenvalue weighted by Crippen LogP contribution is -2.10. The Morgan fingerprint density at radius 3 is 2.79 bits per heavy atom. The van der Waals surface area contributed by atoms with Crippen molar-refractivity contribution < 1.29 is 18.3 Å². The van der Waals surface area contributed by atoms with Crippen LogP contribution in [-0.2, 0) is 14.8 Å². The van der Waals surface area contributed by atoms with Crippen LogP contribution < -0.4 is 0 Å². The normalized spacial score (nSPS) is 18.9. The van der Waals surface area contributed by atoms with E-state index in [1.54, 1.807) is 0 Å². The molecule has 1 heterocycles. The molecule has 0 bridgehead atoms. The number of hydrogen-bond acceptors (Lipinski definition) is 4. The number of rotatable bonds is 4. The average molecular weight is 235 g/mol. The second-order valence-electron chi connectivity index (χ2n) is 2.51. The molecule has 1 aliphatic rings. The number of carboxylic acid groups (broad SMARTS) is 1. The molecule has 1 aliphatic heterocycles. The summed E-state index contributed by atoms with van der Waals surface area (Å²) in [4.78, 5) is 10.1. The minimum absolute atomic E-state index is 0.268. The first kappa shape index (κ1) is 11.3. The van der Waals surface area contributed by atoms with Crippen LogP contribution in [0.25, 0.3) is 0 Å². The molecule has 5 nitrogen and oxygen atoms in total. The molecule has 78 valence electrons. The fraction of sp³-hybridized carbons (Fsp3) is 0.429. The number of thioether (sulfide) groups is 1. The maximum atomic E-state index is 11.1. The molecule has 0 fully saturated rings. The maximum Gasteiger partial charge on any atom is 0.349 e. The summed E-state index contributed by atoms with van der Waals surface area (Å²) in [6.07, 6.45) is 1.11. The SMILES string of the molecule is CCSCC1=C(C(=O)O)S(=O)(=O)N=C1. The molecule has 14 heavy (non-hydrogen) atoms. The van der Waals surface area contributed by atoms with E-state index < -0.39 is 20.9 Å². The van der Waals surface area contributed by atoms with E-state index in [0.29, 0.717) is 5.75 Å². The van der Waals surface area contributed by atoms with Crippen molar-refractivity contribution in [3.63, 3.8) is 0 Å². The zero-order chi connectivity index (χ0) is 10.8. The van der Waals surface area contributed by atoms with Crippen LogP contribution >= 0.6 is 11.8 Å². The van der Waals surface area contributed by atoms with Crippen molar-refractivity contribution >= 4 is 34.0 Å². The Morgan fingerprint density at radius 1 is 1.64 bits per heavy atom. The second-order valence-corrected chi connectivity index (χ2v) is 5.35. The van der Waals surface area contributed by atoms with Gasteiger partial charge in [-0.15, -0.1) is 0 Å². The van der Waals surface area contributed by atoms with Crippen LogP contribution in [0.2, 0.25) is 0 Å². The van der Waals surface area contributed by atoms with Gasteiger partial charge in [0.25, 0.3) is 10.0 Å². The highest BCUT2D eigenvalue weighted by Crippen LogP contribution is 2.22. The zero-order valence-electron chi connectivity index (χ0n) is 7.43. The number of hydrogen-bond donors (Lipinski definition) is 1. The van der Waals surface area contributed by atoms with Gasteiger partial charge in [-0.25, -0.2) is 4.79 Å². The van der Waals surface area contributed by atoms with E-state index in [2.05, 4.69) is 4.40 Å². The molecule has 0 saturated heterocycles. The first-order valence-corrected chi connectivity index (χ1v) is 6.43. The van der Waals surface area contributed by atoms with E-state index in [1.165, 1.54) is 11.8 Å². The van der Waals surface area contributed by atoms with Crippen molar-refractivity contribution in [3.05, 3.63) is 10.5 Å². The molecule has 0 atom stereocenters. The molecule has 0 spiro atoms. The predicted octanol–water partition coefficient (Wildman–Crippen LogP) is 0.492. The lowest BCUT2D eigenvalue weighted by molar-refractivity contribution is -0.131. The molecular formula is C7H9NO4S2. The van der Waals surface area contributed by atoms with Gasteiger partial charge in [0.1, 0.15) is 0 Å². The Kier molecular flexibility index (Phi) is 3.33. The summed E-state index contributed by atoms with van der Waals surface area (Å²) in [5.74, 6) is -0.278. The van der Waals surface area contributed by atoms with Crippen molar-refractivity contribution in [2.45, 2.75) is 6.92 Å². The molecule has 1 N–H and O–H groups in total. The summed E-state index contributed by atoms with van der Waals surface area (Å²) in [6, 6.07) is 0. The summed E-state index contributed by atoms with van der Waals surface area (Å²) in [5.41, 5.74) is 0.268. The number of carboxylic acids is 1. The van der Waals surface area contributed by atoms with E-state index in [4.69, 9.17) is 5.11 Å². The van der Waals surface area contributed by atoms with Crippen LogP contribution in [0.15, 0.2) is 14.9 Å². The number of nitrogens with zero attached hydrogens (tertiary/aromatic N) is 1. The summed E-state index contributed by atoms with van der Waals surface area (Å²) >= 11 is 1.45. The minimum Gasteiger partial charge on any atom is -0.477 e. The van der Waals surface area contributed by atoms with Gasteiger partial charge in [-0.05, 0) is 5.75 Å². The van der Waals surface area contributed by atoms with Crippen molar-refractivity contribution in [1.82, 2.24) is 0 Å². The smallest absolute Gasteiger partial charge is 0.349 e. The molecular weight excluding hydrogens is 226 g/mol. The van der Waals surface area contributed by atoms with Gasteiger partial charge in [-0.3, -0.25) is 0 Å². The van der Waals surface area contributed by atoms with Crippen molar-refractivity contribution in [1.29, 1.82) is 0 Å². The molecule has 0 aromatic rings. The van der Waals surface area contributed by atoms with Crippen LogP contribution in [-0.4, -0.2) is 37.2 Å². The Hall–Kier alpha value is -0.820. The Balaban J connectivity index is 3.04. The van der Waals surface area contributed by atoms with Crippen LogP contribution in [0.1, 0.15) is 6.92 Å². The summed E-state index contributed by atoms with van der Waals surface area (Å²) in [5, 5.41) is 8.69. The topological polar surface area (TPSA) is 83.8 Å². The maximum absolute atomic E-state index is 11.1. The standard InChI is InChI=1S/C7H9NO4S2/c1-2-13-4-5-3-8-14(11,12)6(5)7(9)10/h3H,2,4H2,1H3,(H,9,10). The molecule has 1 rings (SSSR count). The van der Waals surface area contributed by atoms with Crippen molar-refractivity contribution in [2.75, 3.05) is 11.5 Å². The lowest BCUT2D eigenvalue weighted by Gasteiger charge is -1.98. The zero-order valence-corrected chi connectivity index (χ0v) is 9.06. The molecule has 7 heteroatoms. The van der Waals surface area contributed by atoms with E-state index in [9.17, 15) is 13.2 Å². The van der Waals surface area contributed by atoms with Gasteiger partial charge in [0, 0.05) is 17.5 Å². The molecule has 0 radical (unpaired) electrons. The van der Waals surface area contributed by atoms with Crippen LogP contribution in [0.4, 0.5) is 0 Å². The predicted molar refractivity (Wildman–Crippen MR) is 55.1 cm³/mol. The highest BCUT2D eigenvalue weighted by atomic mass is 32.2. The summed E-state index contributed by atoms with van der Waals surface area (Å²) in [7, 11) is -3.93. The molecule has 0 saturated carbocycles. The van der Waals surface area contributed by atoms with Gasteiger partial charge in [0.15, 0.2) is 4.91 Å². The first-order valence-electron chi connectivity index (χ1n) is 3.83. The Bertz CT molecular complexity index is 407. The largest absolute Gasteiger partial charge is 0.477 e.